The molecule has 0 saturated carbocycles. The molecule has 1 fully saturated rings. The minimum Gasteiger partial charge on any atom is -0.379 e. The Balaban J connectivity index is 1.77. The van der Waals surface area contributed by atoms with Gasteiger partial charge in [0.25, 0.3) is 0 Å². The Morgan fingerprint density at radius 3 is 2.74 bits per heavy atom. The topological polar surface area (TPSA) is 43.4 Å². The van der Waals surface area contributed by atoms with Gasteiger partial charge in [-0.25, -0.2) is 0 Å². The maximum absolute atomic E-state index is 5.84. The molecule has 2 aromatic rings. The number of hydrogen-bond donors (Lipinski definition) is 1. The molecule has 1 aromatic carbocycles. The molecule has 0 spiro atoms. The third-order valence-electron chi connectivity index (χ3n) is 3.85. The summed E-state index contributed by atoms with van der Waals surface area (Å²) < 4.78 is 7.70. The summed E-state index contributed by atoms with van der Waals surface area (Å²) in [5.41, 5.74) is 8.36. The van der Waals surface area contributed by atoms with Crippen molar-refractivity contribution >= 4 is 10.9 Å². The molecule has 0 bridgehead atoms. The van der Waals surface area contributed by atoms with Crippen molar-refractivity contribution in [2.24, 2.45) is 5.73 Å². The van der Waals surface area contributed by atoms with Crippen LogP contribution in [0.5, 0.6) is 0 Å². The van der Waals surface area contributed by atoms with Gasteiger partial charge < -0.3 is 15.0 Å². The van der Waals surface area contributed by atoms with Crippen LogP contribution in [0.2, 0.25) is 0 Å². The lowest BCUT2D eigenvalue weighted by Gasteiger charge is -2.26. The summed E-state index contributed by atoms with van der Waals surface area (Å²) in [4.78, 5) is 2.46. The van der Waals surface area contributed by atoms with Gasteiger partial charge in [0.15, 0.2) is 0 Å². The summed E-state index contributed by atoms with van der Waals surface area (Å²) in [7, 11) is 0. The highest BCUT2D eigenvalue weighted by molar-refractivity contribution is 5.83. The van der Waals surface area contributed by atoms with Crippen LogP contribution in [0, 0.1) is 0 Å². The van der Waals surface area contributed by atoms with Gasteiger partial charge in [0, 0.05) is 38.9 Å². The fourth-order valence-electron chi connectivity index (χ4n) is 2.77. The molecule has 1 aromatic heterocycles. The molecule has 1 aliphatic rings. The van der Waals surface area contributed by atoms with Crippen molar-refractivity contribution in [3.63, 3.8) is 0 Å². The Hall–Kier alpha value is -1.36. The number of rotatable bonds is 4. The molecular weight excluding hydrogens is 238 g/mol. The second-order valence-electron chi connectivity index (χ2n) is 5.02. The zero-order valence-electron chi connectivity index (χ0n) is 11.2. The Bertz CT molecular complexity index is 543. The predicted molar refractivity (Wildman–Crippen MR) is 77.1 cm³/mol. The van der Waals surface area contributed by atoms with E-state index < -0.39 is 0 Å². The van der Waals surface area contributed by atoms with Crippen molar-refractivity contribution in [3.05, 3.63) is 36.0 Å². The van der Waals surface area contributed by atoms with E-state index in [0.29, 0.717) is 6.54 Å². The van der Waals surface area contributed by atoms with Gasteiger partial charge in [-0.15, -0.1) is 0 Å². The molecule has 3 rings (SSSR count). The minimum absolute atomic E-state index is 0.596. The largest absolute Gasteiger partial charge is 0.379 e. The number of fused-ring (bicyclic) bond motifs is 1. The van der Waals surface area contributed by atoms with Gasteiger partial charge in [0.05, 0.1) is 18.7 Å². The molecule has 19 heavy (non-hydrogen) atoms. The fourth-order valence-corrected chi connectivity index (χ4v) is 2.77. The molecule has 2 N–H and O–H groups in total. The number of nitrogens with two attached hydrogens (primary N) is 1. The first-order valence-corrected chi connectivity index (χ1v) is 6.95. The first-order chi connectivity index (χ1) is 9.38. The van der Waals surface area contributed by atoms with Gasteiger partial charge in [-0.1, -0.05) is 18.2 Å². The van der Waals surface area contributed by atoms with Crippen LogP contribution >= 0.6 is 0 Å². The van der Waals surface area contributed by atoms with Gasteiger partial charge in [-0.2, -0.15) is 0 Å². The van der Waals surface area contributed by atoms with Crippen molar-refractivity contribution in [2.75, 3.05) is 32.8 Å². The highest BCUT2D eigenvalue weighted by Crippen LogP contribution is 2.20. The average Bonchev–Trinajstić information content (AvgIpc) is 2.89. The standard InChI is InChI=1S/C15H21N3O/c16-12-14-3-1-2-13-4-5-18(15(13)14)7-6-17-8-10-19-11-9-17/h1-5H,6-12,16H2. The normalized spacial score (nSPS) is 17.1. The summed E-state index contributed by atoms with van der Waals surface area (Å²) in [6, 6.07) is 8.53. The van der Waals surface area contributed by atoms with E-state index in [9.17, 15) is 0 Å². The van der Waals surface area contributed by atoms with Gasteiger partial charge in [0.2, 0.25) is 0 Å². The highest BCUT2D eigenvalue weighted by Gasteiger charge is 2.11. The van der Waals surface area contributed by atoms with Crippen LogP contribution in [0.25, 0.3) is 10.9 Å². The van der Waals surface area contributed by atoms with E-state index >= 15 is 0 Å². The Labute approximate surface area is 113 Å². The van der Waals surface area contributed by atoms with E-state index in [2.05, 4.69) is 39.9 Å². The van der Waals surface area contributed by atoms with Crippen LogP contribution in [0.15, 0.2) is 30.5 Å². The molecule has 0 unspecified atom stereocenters. The van der Waals surface area contributed by atoms with Crippen LogP contribution in [0.3, 0.4) is 0 Å². The smallest absolute Gasteiger partial charge is 0.0594 e. The van der Waals surface area contributed by atoms with Crippen molar-refractivity contribution in [3.8, 4) is 0 Å². The number of para-hydroxylation sites is 1. The molecule has 0 radical (unpaired) electrons. The van der Waals surface area contributed by atoms with Crippen molar-refractivity contribution in [2.45, 2.75) is 13.1 Å². The maximum atomic E-state index is 5.84. The molecule has 4 nitrogen and oxygen atoms in total. The quantitative estimate of drug-likeness (QED) is 0.903. The summed E-state index contributed by atoms with van der Waals surface area (Å²) in [6.45, 7) is 6.50. The van der Waals surface area contributed by atoms with E-state index in [1.54, 1.807) is 0 Å². The summed E-state index contributed by atoms with van der Waals surface area (Å²) in [5.74, 6) is 0. The second kappa shape index (κ2) is 5.74. The molecule has 0 atom stereocenters. The summed E-state index contributed by atoms with van der Waals surface area (Å²) in [6.07, 6.45) is 2.17. The zero-order valence-corrected chi connectivity index (χ0v) is 11.2. The molecule has 1 aliphatic heterocycles. The van der Waals surface area contributed by atoms with E-state index in [0.717, 1.165) is 39.4 Å². The van der Waals surface area contributed by atoms with Gasteiger partial charge in [-0.3, -0.25) is 4.90 Å². The Morgan fingerprint density at radius 1 is 1.11 bits per heavy atom. The lowest BCUT2D eigenvalue weighted by Crippen LogP contribution is -2.38. The molecule has 0 aliphatic carbocycles. The number of morpholine rings is 1. The van der Waals surface area contributed by atoms with Crippen molar-refractivity contribution in [1.29, 1.82) is 0 Å². The van der Waals surface area contributed by atoms with Crippen molar-refractivity contribution < 1.29 is 4.74 Å². The predicted octanol–water partition coefficient (Wildman–Crippen LogP) is 1.43. The molecular formula is C15H21N3O. The van der Waals surface area contributed by atoms with Crippen LogP contribution in [-0.4, -0.2) is 42.3 Å². The number of aromatic nitrogens is 1. The summed E-state index contributed by atoms with van der Waals surface area (Å²) >= 11 is 0. The van der Waals surface area contributed by atoms with Crippen LogP contribution in [0.4, 0.5) is 0 Å². The Kier molecular flexibility index (Phi) is 3.82. The molecule has 1 saturated heterocycles. The third kappa shape index (κ3) is 2.66. The van der Waals surface area contributed by atoms with E-state index in [1.165, 1.54) is 16.5 Å². The SMILES string of the molecule is NCc1cccc2ccn(CCN3CCOCC3)c12. The number of ether oxygens (including phenoxy) is 1. The molecule has 102 valence electrons. The van der Waals surface area contributed by atoms with Crippen LogP contribution < -0.4 is 5.73 Å². The molecule has 4 heteroatoms. The van der Waals surface area contributed by atoms with E-state index in [-0.39, 0.29) is 0 Å². The molecule has 0 amide bonds. The third-order valence-corrected chi connectivity index (χ3v) is 3.85. The monoisotopic (exact) mass is 259 g/mol. The minimum atomic E-state index is 0.596. The average molecular weight is 259 g/mol. The second-order valence-corrected chi connectivity index (χ2v) is 5.02. The van der Waals surface area contributed by atoms with Gasteiger partial charge >= 0.3 is 0 Å². The van der Waals surface area contributed by atoms with Crippen molar-refractivity contribution in [1.82, 2.24) is 9.47 Å². The highest BCUT2D eigenvalue weighted by atomic mass is 16.5. The first-order valence-electron chi connectivity index (χ1n) is 6.95. The van der Waals surface area contributed by atoms with Gasteiger partial charge in [-0.05, 0) is 17.0 Å². The Morgan fingerprint density at radius 2 is 1.95 bits per heavy atom. The number of benzene rings is 1. The number of nitrogens with zero attached hydrogens (tertiary/aromatic N) is 2. The zero-order chi connectivity index (χ0) is 13.1. The lowest BCUT2D eigenvalue weighted by atomic mass is 10.1. The molecule has 2 heterocycles. The first kappa shape index (κ1) is 12.7. The number of hydrogen-bond acceptors (Lipinski definition) is 3. The lowest BCUT2D eigenvalue weighted by molar-refractivity contribution is 0.0365. The van der Waals surface area contributed by atoms with E-state index in [1.807, 2.05) is 0 Å². The van der Waals surface area contributed by atoms with E-state index in [4.69, 9.17) is 10.5 Å². The summed E-state index contributed by atoms with van der Waals surface area (Å²) in [5, 5.41) is 1.28. The maximum Gasteiger partial charge on any atom is 0.0594 e. The van der Waals surface area contributed by atoms with Gasteiger partial charge in [0.1, 0.15) is 0 Å². The van der Waals surface area contributed by atoms with Crippen LogP contribution in [-0.2, 0) is 17.8 Å². The fraction of sp³-hybridized carbons (Fsp3) is 0.467. The van der Waals surface area contributed by atoms with Crippen LogP contribution in [0.1, 0.15) is 5.56 Å².